The Balaban J connectivity index is 2.46. The smallest absolute Gasteiger partial charge is 0.246 e. The maximum atomic E-state index is 13.8. The van der Waals surface area contributed by atoms with E-state index in [1.807, 2.05) is 0 Å². The Kier molecular flexibility index (Phi) is 4.47. The van der Waals surface area contributed by atoms with Crippen molar-refractivity contribution < 1.29 is 27.0 Å². The number of aliphatic hydroxyl groups is 1. The number of benzene rings is 1. The Morgan fingerprint density at radius 2 is 2.14 bits per heavy atom. The lowest BCUT2D eigenvalue weighted by Gasteiger charge is -2.36. The summed E-state index contributed by atoms with van der Waals surface area (Å²) in [5.41, 5.74) is 5.20. The van der Waals surface area contributed by atoms with Crippen LogP contribution in [-0.4, -0.2) is 49.7 Å². The summed E-state index contributed by atoms with van der Waals surface area (Å²) in [7, 11) is -4.28. The van der Waals surface area contributed by atoms with Crippen LogP contribution in [0.2, 0.25) is 0 Å². The van der Waals surface area contributed by atoms with Gasteiger partial charge in [0.1, 0.15) is 4.90 Å². The molecule has 1 heterocycles. The molecule has 0 aromatic heterocycles. The first-order valence-electron chi connectivity index (χ1n) is 6.26. The van der Waals surface area contributed by atoms with Gasteiger partial charge in [-0.2, -0.15) is 4.31 Å². The van der Waals surface area contributed by atoms with Crippen LogP contribution in [0.1, 0.15) is 6.92 Å². The molecular weight excluding hydrogens is 306 g/mol. The van der Waals surface area contributed by atoms with Gasteiger partial charge in [0.2, 0.25) is 10.0 Å². The lowest BCUT2D eigenvalue weighted by atomic mass is 10.2. The van der Waals surface area contributed by atoms with Crippen LogP contribution < -0.4 is 5.73 Å². The van der Waals surface area contributed by atoms with Crippen molar-refractivity contribution in [2.45, 2.75) is 24.0 Å². The second-order valence-electron chi connectivity index (χ2n) is 4.88. The third kappa shape index (κ3) is 3.00. The lowest BCUT2D eigenvalue weighted by molar-refractivity contribution is -0.0516. The second-order valence-corrected chi connectivity index (χ2v) is 6.74. The van der Waals surface area contributed by atoms with E-state index in [2.05, 4.69) is 0 Å². The predicted octanol–water partition coefficient (Wildman–Crippen LogP) is 0.317. The van der Waals surface area contributed by atoms with Crippen molar-refractivity contribution in [3.05, 3.63) is 23.8 Å². The Bertz CT molecular complexity index is 638. The molecule has 1 saturated heterocycles. The topological polar surface area (TPSA) is 92.9 Å². The molecule has 118 valence electrons. The number of nitrogens with zero attached hydrogens (tertiary/aromatic N) is 1. The van der Waals surface area contributed by atoms with Crippen molar-refractivity contribution in [3.63, 3.8) is 0 Å². The molecule has 0 saturated carbocycles. The van der Waals surface area contributed by atoms with Gasteiger partial charge in [0, 0.05) is 18.3 Å². The summed E-state index contributed by atoms with van der Waals surface area (Å²) in [6.07, 6.45) is -0.704. The number of nitrogen functional groups attached to an aromatic ring is 1. The zero-order chi connectivity index (χ0) is 15.8. The first kappa shape index (κ1) is 16.1. The molecular formula is C12H16F2N2O4S. The molecule has 9 heteroatoms. The maximum Gasteiger partial charge on any atom is 0.246 e. The summed E-state index contributed by atoms with van der Waals surface area (Å²) in [5, 5.41) is 9.07. The molecule has 0 bridgehead atoms. The SMILES string of the molecule is CC1COC(CO)CN1S(=O)(=O)c1cc(N)cc(F)c1F. The standard InChI is InChI=1S/C12H16F2N2O4S/c1-7-6-20-9(5-17)4-16(7)21(18,19)11-3-8(15)2-10(13)12(11)14/h2-3,7,9,17H,4-6,15H2,1H3. The molecule has 1 aliphatic heterocycles. The summed E-state index contributed by atoms with van der Waals surface area (Å²) < 4.78 is 58.4. The van der Waals surface area contributed by atoms with Crippen molar-refractivity contribution in [1.82, 2.24) is 4.31 Å². The predicted molar refractivity (Wildman–Crippen MR) is 71.0 cm³/mol. The number of halogens is 2. The molecule has 0 amide bonds. The van der Waals surface area contributed by atoms with Gasteiger partial charge < -0.3 is 15.6 Å². The molecule has 2 rings (SSSR count). The van der Waals surface area contributed by atoms with E-state index < -0.39 is 38.7 Å². The van der Waals surface area contributed by atoms with Crippen LogP contribution in [0.5, 0.6) is 0 Å². The molecule has 2 atom stereocenters. The van der Waals surface area contributed by atoms with Crippen LogP contribution in [0.4, 0.5) is 14.5 Å². The number of sulfonamides is 1. The van der Waals surface area contributed by atoms with E-state index in [1.54, 1.807) is 6.92 Å². The highest BCUT2D eigenvalue weighted by Gasteiger charge is 2.37. The van der Waals surface area contributed by atoms with Crippen molar-refractivity contribution in [1.29, 1.82) is 0 Å². The van der Waals surface area contributed by atoms with Crippen molar-refractivity contribution in [3.8, 4) is 0 Å². The van der Waals surface area contributed by atoms with Crippen LogP contribution in [0.3, 0.4) is 0 Å². The van der Waals surface area contributed by atoms with E-state index in [0.717, 1.165) is 10.4 Å². The van der Waals surface area contributed by atoms with Crippen molar-refractivity contribution in [2.75, 3.05) is 25.5 Å². The zero-order valence-corrected chi connectivity index (χ0v) is 12.1. The Morgan fingerprint density at radius 3 is 2.76 bits per heavy atom. The first-order valence-corrected chi connectivity index (χ1v) is 7.70. The molecule has 0 aliphatic carbocycles. The van der Waals surface area contributed by atoms with Crippen LogP contribution in [0, 0.1) is 11.6 Å². The molecule has 1 aromatic carbocycles. The minimum atomic E-state index is -4.28. The van der Waals surface area contributed by atoms with Crippen LogP contribution >= 0.6 is 0 Å². The van der Waals surface area contributed by atoms with Gasteiger partial charge in [-0.1, -0.05) is 0 Å². The average Bonchev–Trinajstić information content (AvgIpc) is 2.43. The number of aliphatic hydroxyl groups excluding tert-OH is 1. The largest absolute Gasteiger partial charge is 0.399 e. The number of rotatable bonds is 3. The van der Waals surface area contributed by atoms with Gasteiger partial charge in [-0.15, -0.1) is 0 Å². The first-order chi connectivity index (χ1) is 9.77. The second kappa shape index (κ2) is 5.84. The van der Waals surface area contributed by atoms with Crippen molar-refractivity contribution in [2.24, 2.45) is 0 Å². The van der Waals surface area contributed by atoms with Crippen molar-refractivity contribution >= 4 is 15.7 Å². The van der Waals surface area contributed by atoms with Crippen LogP contribution in [0.15, 0.2) is 17.0 Å². The molecule has 0 spiro atoms. The van der Waals surface area contributed by atoms with E-state index >= 15 is 0 Å². The maximum absolute atomic E-state index is 13.8. The third-order valence-corrected chi connectivity index (χ3v) is 5.24. The van der Waals surface area contributed by atoms with Crippen LogP contribution in [-0.2, 0) is 14.8 Å². The molecule has 1 aliphatic rings. The van der Waals surface area contributed by atoms with E-state index in [4.69, 9.17) is 15.6 Å². The fraction of sp³-hybridized carbons (Fsp3) is 0.500. The quantitative estimate of drug-likeness (QED) is 0.782. The fourth-order valence-corrected chi connectivity index (χ4v) is 3.89. The summed E-state index contributed by atoms with van der Waals surface area (Å²) in [4.78, 5) is -0.814. The molecule has 6 nitrogen and oxygen atoms in total. The minimum absolute atomic E-state index is 0.0525. The molecule has 0 radical (unpaired) electrons. The Labute approximate surface area is 121 Å². The Morgan fingerprint density at radius 1 is 1.48 bits per heavy atom. The Hall–Kier alpha value is -1.29. The number of hydrogen-bond acceptors (Lipinski definition) is 5. The highest BCUT2D eigenvalue weighted by atomic mass is 32.2. The van der Waals surface area contributed by atoms with Gasteiger partial charge in [0.25, 0.3) is 0 Å². The molecule has 1 aromatic rings. The molecule has 21 heavy (non-hydrogen) atoms. The van der Waals surface area contributed by atoms with Gasteiger partial charge >= 0.3 is 0 Å². The third-order valence-electron chi connectivity index (χ3n) is 3.26. The summed E-state index contributed by atoms with van der Waals surface area (Å²) in [5.74, 6) is -2.79. The normalized spacial score (nSPS) is 24.2. The van der Waals surface area contributed by atoms with Gasteiger partial charge in [0.05, 0.1) is 19.3 Å². The minimum Gasteiger partial charge on any atom is -0.399 e. The van der Waals surface area contributed by atoms with Gasteiger partial charge in [-0.05, 0) is 19.1 Å². The number of morpholine rings is 1. The summed E-state index contributed by atoms with van der Waals surface area (Å²) in [6, 6.07) is 1.03. The fourth-order valence-electron chi connectivity index (χ4n) is 2.14. The van der Waals surface area contributed by atoms with E-state index in [-0.39, 0.29) is 25.4 Å². The average molecular weight is 322 g/mol. The number of ether oxygens (including phenoxy) is 1. The molecule has 3 N–H and O–H groups in total. The number of hydrogen-bond donors (Lipinski definition) is 2. The highest BCUT2D eigenvalue weighted by Crippen LogP contribution is 2.27. The van der Waals surface area contributed by atoms with Crippen LogP contribution in [0.25, 0.3) is 0 Å². The van der Waals surface area contributed by atoms with E-state index in [1.165, 1.54) is 0 Å². The molecule has 2 unspecified atom stereocenters. The number of anilines is 1. The van der Waals surface area contributed by atoms with E-state index in [9.17, 15) is 17.2 Å². The summed E-state index contributed by atoms with van der Waals surface area (Å²) >= 11 is 0. The monoisotopic (exact) mass is 322 g/mol. The van der Waals surface area contributed by atoms with Gasteiger partial charge in [0.15, 0.2) is 11.6 Å². The lowest BCUT2D eigenvalue weighted by Crippen LogP contribution is -2.52. The zero-order valence-electron chi connectivity index (χ0n) is 11.3. The van der Waals surface area contributed by atoms with Gasteiger partial charge in [-0.25, -0.2) is 17.2 Å². The molecule has 1 fully saturated rings. The highest BCUT2D eigenvalue weighted by molar-refractivity contribution is 7.89. The number of nitrogens with two attached hydrogens (primary N) is 1. The van der Waals surface area contributed by atoms with E-state index in [0.29, 0.717) is 6.07 Å². The van der Waals surface area contributed by atoms with Gasteiger partial charge in [-0.3, -0.25) is 0 Å². The summed E-state index contributed by atoms with van der Waals surface area (Å²) in [6.45, 7) is 1.12.